The van der Waals surface area contributed by atoms with Crippen molar-refractivity contribution in [3.63, 3.8) is 0 Å². The molecule has 0 spiro atoms. The Morgan fingerprint density at radius 2 is 1.88 bits per heavy atom. The van der Waals surface area contributed by atoms with Crippen molar-refractivity contribution < 1.29 is 41.9 Å². The van der Waals surface area contributed by atoms with Crippen molar-refractivity contribution in [2.45, 2.75) is 40.0 Å². The van der Waals surface area contributed by atoms with Gasteiger partial charge in [0.05, 0.1) is 12.0 Å². The van der Waals surface area contributed by atoms with Crippen LogP contribution in [0, 0.1) is 25.7 Å². The number of aldehydes is 1. The van der Waals surface area contributed by atoms with Gasteiger partial charge in [0.2, 0.25) is 0 Å². The zero-order valence-electron chi connectivity index (χ0n) is 14.6. The van der Waals surface area contributed by atoms with Crippen LogP contribution in [0.3, 0.4) is 0 Å². The third kappa shape index (κ3) is 6.71. The second kappa shape index (κ2) is 9.91. The Balaban J connectivity index is 0.000000436. The number of hydrazine groups is 1. The molecule has 1 heterocycles. The number of hydrogen-bond donors (Lipinski definition) is 2. The maximum atomic E-state index is 12.5. The van der Waals surface area contributed by atoms with Crippen molar-refractivity contribution in [3.05, 3.63) is 52.5 Å². The number of nitrogens with two attached hydrogens (primary N) is 1. The molecule has 3 N–H and O–H groups in total. The number of carbonyl (C=O) groups excluding carboxylic acids is 1. The van der Waals surface area contributed by atoms with Crippen LogP contribution >= 0.6 is 0 Å². The van der Waals surface area contributed by atoms with Gasteiger partial charge in [-0.1, -0.05) is 33.3 Å². The molecule has 0 bridgehead atoms. The number of aromatic nitrogens is 2. The Morgan fingerprint density at radius 3 is 2.33 bits per heavy atom. The molecular weight excluding hydrogens is 384 g/mol. The average Bonchev–Trinajstić information content (AvgIpc) is 2.49. The number of nitrogens with zero attached hydrogens (tertiary/aromatic N) is 2. The van der Waals surface area contributed by atoms with E-state index in [1.165, 1.54) is 6.07 Å². The van der Waals surface area contributed by atoms with Gasteiger partial charge in [-0.3, -0.25) is 4.39 Å². The summed E-state index contributed by atoms with van der Waals surface area (Å²) in [5.74, 6) is 5.35. The van der Waals surface area contributed by atoms with Crippen molar-refractivity contribution in [1.82, 2.24) is 10.2 Å². The Morgan fingerprint density at radius 1 is 1.25 bits per heavy atom. The number of nitrogen functional groups attached to an aromatic ring is 1. The second-order valence-electron chi connectivity index (χ2n) is 6.14. The van der Waals surface area contributed by atoms with Gasteiger partial charge in [-0.25, -0.2) is 5.84 Å². The first-order valence-corrected chi connectivity index (χ1v) is 7.14. The quantitative estimate of drug-likeness (QED) is 0.347. The number of benzene rings is 1. The van der Waals surface area contributed by atoms with Crippen LogP contribution in [-0.4, -0.2) is 16.5 Å². The van der Waals surface area contributed by atoms with Gasteiger partial charge in [0.15, 0.2) is 5.82 Å². The summed E-state index contributed by atoms with van der Waals surface area (Å²) in [5, 5.41) is 7.91. The van der Waals surface area contributed by atoms with Crippen LogP contribution in [0.5, 0.6) is 0 Å². The van der Waals surface area contributed by atoms with E-state index >= 15 is 0 Å². The van der Waals surface area contributed by atoms with E-state index in [1.54, 1.807) is 13.0 Å². The number of hydrogen-bond acceptors (Lipinski definition) is 5. The third-order valence-corrected chi connectivity index (χ3v) is 3.12. The molecule has 0 aliphatic heterocycles. The van der Waals surface area contributed by atoms with Gasteiger partial charge in [-0.15, -0.1) is 28.9 Å². The predicted octanol–water partition coefficient (Wildman–Crippen LogP) is 3.11. The van der Waals surface area contributed by atoms with E-state index in [4.69, 9.17) is 5.84 Å². The number of rotatable bonds is 2. The van der Waals surface area contributed by atoms with Crippen molar-refractivity contribution >= 4 is 12.1 Å². The first kappa shape index (κ1) is 22.8. The Hall–Kier alpha value is -1.24. The summed E-state index contributed by atoms with van der Waals surface area (Å²) in [6, 6.07) is 7.35. The zero-order valence-corrected chi connectivity index (χ0v) is 17.5. The number of nitrogens with one attached hydrogen (secondary N) is 1. The molecule has 0 saturated carbocycles. The molecule has 1 aromatic carbocycles. The second-order valence-corrected chi connectivity index (χ2v) is 6.14. The molecule has 24 heavy (non-hydrogen) atoms. The summed E-state index contributed by atoms with van der Waals surface area (Å²) >= 11 is 0. The molecule has 0 fully saturated rings. The Labute approximate surface area is 167 Å². The van der Waals surface area contributed by atoms with Crippen LogP contribution in [0.4, 0.5) is 10.2 Å². The topological polar surface area (TPSA) is 80.9 Å². The fourth-order valence-electron chi connectivity index (χ4n) is 1.97. The van der Waals surface area contributed by atoms with E-state index in [9.17, 15) is 9.18 Å². The molecule has 5 nitrogen and oxygen atoms in total. The number of aryl methyl sites for hydroxylation is 2. The molecule has 127 valence electrons. The molecule has 2 aromatic rings. The molecule has 0 atom stereocenters. The molecular formula is C17H22FN4OY-. The van der Waals surface area contributed by atoms with Gasteiger partial charge in [-0.2, -0.15) is 5.10 Å². The first-order chi connectivity index (χ1) is 10.7. The van der Waals surface area contributed by atoms with E-state index in [-0.39, 0.29) is 43.7 Å². The van der Waals surface area contributed by atoms with Crippen LogP contribution in [0.2, 0.25) is 0 Å². The fraction of sp³-hybridized carbons (Fsp3) is 0.353. The van der Waals surface area contributed by atoms with Gasteiger partial charge >= 0.3 is 0 Å². The summed E-state index contributed by atoms with van der Waals surface area (Å²) < 4.78 is 12.5. The van der Waals surface area contributed by atoms with Crippen molar-refractivity contribution in [3.8, 4) is 0 Å². The number of halogens is 1. The predicted molar refractivity (Wildman–Crippen MR) is 88.6 cm³/mol. The summed E-state index contributed by atoms with van der Waals surface area (Å²) in [6.45, 7) is 10.1. The van der Waals surface area contributed by atoms with E-state index < -0.39 is 5.82 Å². The van der Waals surface area contributed by atoms with Crippen molar-refractivity contribution in [2.75, 3.05) is 5.43 Å². The Bertz CT molecular complexity index is 687. The largest absolute Gasteiger partial charge is 0.355 e. The van der Waals surface area contributed by atoms with E-state index in [0.717, 1.165) is 16.8 Å². The third-order valence-electron chi connectivity index (χ3n) is 3.12. The fourth-order valence-corrected chi connectivity index (χ4v) is 1.97. The molecule has 1 aromatic heterocycles. The van der Waals surface area contributed by atoms with Crippen LogP contribution in [-0.2, 0) is 38.1 Å². The monoisotopic (exact) mass is 406 g/mol. The molecule has 0 aliphatic carbocycles. The van der Waals surface area contributed by atoms with Crippen molar-refractivity contribution in [1.29, 1.82) is 0 Å². The van der Waals surface area contributed by atoms with E-state index in [1.807, 2.05) is 13.0 Å². The number of anilines is 1. The zero-order chi connectivity index (χ0) is 17.6. The van der Waals surface area contributed by atoms with Crippen LogP contribution < -0.4 is 11.3 Å². The summed E-state index contributed by atoms with van der Waals surface area (Å²) in [5.41, 5.74) is 5.45. The minimum Gasteiger partial charge on any atom is -0.355 e. The molecule has 0 amide bonds. The minimum atomic E-state index is -0.513. The SMILES string of the molecule is Cc1[c-]c(C=O)c(F)cc1.Cc1nnc(NN)cc1C(C)(C)C.[Y]. The van der Waals surface area contributed by atoms with Gasteiger partial charge in [0, 0.05) is 38.5 Å². The molecule has 2 rings (SSSR count). The molecule has 0 unspecified atom stereocenters. The molecule has 0 aliphatic rings. The standard InChI is InChI=1S/C9H16N4.C8H6FO.Y/c1-6-7(9(2,3)4)5-8(11-10)13-12-6;1-6-2-3-8(9)7(4-6)5-10;/h5H,10H2,1-4H3,(H,11,13);2-3,5H,1H3;/q;-1;. The van der Waals surface area contributed by atoms with Gasteiger partial charge in [-0.05, 0) is 24.0 Å². The number of carbonyl (C=O) groups is 1. The van der Waals surface area contributed by atoms with Crippen LogP contribution in [0.1, 0.15) is 48.0 Å². The van der Waals surface area contributed by atoms with Crippen LogP contribution in [0.15, 0.2) is 18.2 Å². The van der Waals surface area contributed by atoms with E-state index in [2.05, 4.69) is 42.5 Å². The van der Waals surface area contributed by atoms with Crippen LogP contribution in [0.25, 0.3) is 0 Å². The minimum absolute atomic E-state index is 0. The van der Waals surface area contributed by atoms with E-state index in [0.29, 0.717) is 12.1 Å². The van der Waals surface area contributed by atoms with Gasteiger partial charge in [0.1, 0.15) is 0 Å². The average molecular weight is 406 g/mol. The smallest absolute Gasteiger partial charge is 0.162 e. The maximum Gasteiger partial charge on any atom is 0.162 e. The summed E-state index contributed by atoms with van der Waals surface area (Å²) in [6.07, 6.45) is 0.461. The normalized spacial score (nSPS) is 10.1. The molecule has 1 radical (unpaired) electrons. The van der Waals surface area contributed by atoms with Crippen molar-refractivity contribution in [2.24, 2.45) is 5.84 Å². The maximum absolute atomic E-state index is 12.5. The summed E-state index contributed by atoms with van der Waals surface area (Å²) in [4.78, 5) is 10.1. The summed E-state index contributed by atoms with van der Waals surface area (Å²) in [7, 11) is 0. The first-order valence-electron chi connectivity index (χ1n) is 7.14. The molecule has 7 heteroatoms. The Kier molecular flexibility index (Phi) is 9.40. The van der Waals surface area contributed by atoms with Gasteiger partial charge < -0.3 is 10.2 Å². The van der Waals surface area contributed by atoms with Gasteiger partial charge in [0.25, 0.3) is 0 Å². The molecule has 0 saturated heterocycles.